The van der Waals surface area contributed by atoms with Crippen molar-refractivity contribution in [2.24, 2.45) is 0 Å². The lowest BCUT2D eigenvalue weighted by Gasteiger charge is -2.38. The summed E-state index contributed by atoms with van der Waals surface area (Å²) in [7, 11) is 0. The Balaban J connectivity index is 1.82. The highest BCUT2D eigenvalue weighted by Gasteiger charge is 2.31. The first-order valence-electron chi connectivity index (χ1n) is 6.50. The number of hydrogen-bond donors (Lipinski definition) is 2. The van der Waals surface area contributed by atoms with E-state index in [1.54, 1.807) is 0 Å². The zero-order valence-corrected chi connectivity index (χ0v) is 10.6. The highest BCUT2D eigenvalue weighted by molar-refractivity contribution is 5.78. The molecule has 5 heteroatoms. The van der Waals surface area contributed by atoms with Gasteiger partial charge in [0.15, 0.2) is 0 Å². The van der Waals surface area contributed by atoms with Crippen LogP contribution in [0.1, 0.15) is 19.8 Å². The lowest BCUT2D eigenvalue weighted by Crippen LogP contribution is -2.53. The smallest absolute Gasteiger partial charge is 0.236 e. The molecular formula is C12H23N3O2. The summed E-state index contributed by atoms with van der Waals surface area (Å²) in [6, 6.07) is 0. The van der Waals surface area contributed by atoms with Crippen molar-refractivity contribution < 1.29 is 9.90 Å². The molecule has 2 fully saturated rings. The fraction of sp³-hybridized carbons (Fsp3) is 0.917. The fourth-order valence-corrected chi connectivity index (χ4v) is 2.59. The Kier molecular flexibility index (Phi) is 4.01. The summed E-state index contributed by atoms with van der Waals surface area (Å²) in [6.45, 7) is 7.40. The fourth-order valence-electron chi connectivity index (χ4n) is 2.59. The van der Waals surface area contributed by atoms with Crippen LogP contribution in [0.15, 0.2) is 0 Å². The van der Waals surface area contributed by atoms with Gasteiger partial charge < -0.3 is 15.3 Å². The van der Waals surface area contributed by atoms with Gasteiger partial charge in [-0.15, -0.1) is 0 Å². The molecule has 2 aliphatic rings. The van der Waals surface area contributed by atoms with Crippen LogP contribution in [0.2, 0.25) is 0 Å². The summed E-state index contributed by atoms with van der Waals surface area (Å²) >= 11 is 0. The van der Waals surface area contributed by atoms with Crippen LogP contribution >= 0.6 is 0 Å². The molecule has 98 valence electrons. The molecule has 2 N–H and O–H groups in total. The SMILES string of the molecule is CC1(O)CCCN(C(=O)CN2CCNCC2)C1. The number of carbonyl (C=O) groups is 1. The number of hydrogen-bond acceptors (Lipinski definition) is 4. The lowest BCUT2D eigenvalue weighted by molar-refractivity contribution is -0.138. The molecule has 0 saturated carbocycles. The third kappa shape index (κ3) is 3.66. The number of aliphatic hydroxyl groups is 1. The predicted octanol–water partition coefficient (Wildman–Crippen LogP) is -0.735. The molecule has 1 atom stereocenters. The van der Waals surface area contributed by atoms with Gasteiger partial charge in [-0.05, 0) is 19.8 Å². The summed E-state index contributed by atoms with van der Waals surface area (Å²) in [6.07, 6.45) is 1.70. The molecule has 2 heterocycles. The minimum absolute atomic E-state index is 0.159. The zero-order valence-electron chi connectivity index (χ0n) is 10.6. The molecule has 0 aromatic carbocycles. The van der Waals surface area contributed by atoms with Crippen LogP contribution in [0.3, 0.4) is 0 Å². The first-order valence-corrected chi connectivity index (χ1v) is 6.50. The first kappa shape index (κ1) is 12.8. The first-order chi connectivity index (χ1) is 8.07. The van der Waals surface area contributed by atoms with Crippen LogP contribution in [-0.4, -0.2) is 72.2 Å². The van der Waals surface area contributed by atoms with Crippen molar-refractivity contribution in [3.8, 4) is 0 Å². The van der Waals surface area contributed by atoms with Crippen LogP contribution < -0.4 is 5.32 Å². The van der Waals surface area contributed by atoms with E-state index in [1.165, 1.54) is 0 Å². The van der Waals surface area contributed by atoms with E-state index < -0.39 is 5.60 Å². The molecule has 17 heavy (non-hydrogen) atoms. The van der Waals surface area contributed by atoms with Gasteiger partial charge >= 0.3 is 0 Å². The summed E-state index contributed by atoms with van der Waals surface area (Å²) in [5.41, 5.74) is -0.697. The summed E-state index contributed by atoms with van der Waals surface area (Å²) in [5.74, 6) is 0.159. The summed E-state index contributed by atoms with van der Waals surface area (Å²) in [5, 5.41) is 13.3. The second-order valence-corrected chi connectivity index (χ2v) is 5.44. The minimum atomic E-state index is -0.697. The summed E-state index contributed by atoms with van der Waals surface area (Å²) in [4.78, 5) is 16.1. The number of nitrogens with one attached hydrogen (secondary N) is 1. The van der Waals surface area contributed by atoms with Crippen molar-refractivity contribution in [3.05, 3.63) is 0 Å². The number of carbonyl (C=O) groups excluding carboxylic acids is 1. The summed E-state index contributed by atoms with van der Waals surface area (Å²) < 4.78 is 0. The highest BCUT2D eigenvalue weighted by atomic mass is 16.3. The van der Waals surface area contributed by atoms with Gasteiger partial charge in [0.2, 0.25) is 5.91 Å². The molecule has 0 aromatic rings. The van der Waals surface area contributed by atoms with Crippen LogP contribution in [0.25, 0.3) is 0 Å². The van der Waals surface area contributed by atoms with Gasteiger partial charge in [0.05, 0.1) is 12.1 Å². The average Bonchev–Trinajstić information content (AvgIpc) is 2.29. The van der Waals surface area contributed by atoms with Crippen molar-refractivity contribution in [2.75, 3.05) is 45.8 Å². The second kappa shape index (κ2) is 5.33. The molecule has 2 saturated heterocycles. The predicted molar refractivity (Wildman–Crippen MR) is 65.7 cm³/mol. The quantitative estimate of drug-likeness (QED) is 0.669. The molecule has 0 spiro atoms. The van der Waals surface area contributed by atoms with Crippen molar-refractivity contribution in [3.63, 3.8) is 0 Å². The number of rotatable bonds is 2. The van der Waals surface area contributed by atoms with Crippen LogP contribution in [-0.2, 0) is 4.79 Å². The molecule has 1 amide bonds. The van der Waals surface area contributed by atoms with Gasteiger partial charge in [-0.1, -0.05) is 0 Å². The van der Waals surface area contributed by atoms with Gasteiger partial charge in [-0.3, -0.25) is 9.69 Å². The Morgan fingerprint density at radius 1 is 1.35 bits per heavy atom. The number of amides is 1. The van der Waals surface area contributed by atoms with E-state index in [1.807, 2.05) is 11.8 Å². The van der Waals surface area contributed by atoms with Gasteiger partial charge in [0.1, 0.15) is 0 Å². The number of nitrogens with zero attached hydrogens (tertiary/aromatic N) is 2. The van der Waals surface area contributed by atoms with E-state index in [-0.39, 0.29) is 5.91 Å². The molecule has 5 nitrogen and oxygen atoms in total. The molecule has 2 rings (SSSR count). The van der Waals surface area contributed by atoms with Crippen molar-refractivity contribution >= 4 is 5.91 Å². The van der Waals surface area contributed by atoms with E-state index in [0.717, 1.165) is 45.6 Å². The number of likely N-dealkylation sites (tertiary alicyclic amines) is 1. The van der Waals surface area contributed by atoms with Crippen molar-refractivity contribution in [2.45, 2.75) is 25.4 Å². The van der Waals surface area contributed by atoms with Crippen molar-refractivity contribution in [1.82, 2.24) is 15.1 Å². The van der Waals surface area contributed by atoms with E-state index in [9.17, 15) is 9.90 Å². The molecule has 0 radical (unpaired) electrons. The minimum Gasteiger partial charge on any atom is -0.388 e. The zero-order chi connectivity index (χ0) is 12.3. The Morgan fingerprint density at radius 3 is 2.71 bits per heavy atom. The largest absolute Gasteiger partial charge is 0.388 e. The van der Waals surface area contributed by atoms with Gasteiger partial charge in [0, 0.05) is 39.3 Å². The van der Waals surface area contributed by atoms with Gasteiger partial charge in [-0.25, -0.2) is 0 Å². The molecule has 0 aliphatic carbocycles. The lowest BCUT2D eigenvalue weighted by atomic mass is 9.95. The number of piperidine rings is 1. The van der Waals surface area contributed by atoms with E-state index in [2.05, 4.69) is 10.2 Å². The third-order valence-corrected chi connectivity index (χ3v) is 3.60. The van der Waals surface area contributed by atoms with Crippen LogP contribution in [0.5, 0.6) is 0 Å². The number of piperazine rings is 1. The highest BCUT2D eigenvalue weighted by Crippen LogP contribution is 2.20. The third-order valence-electron chi connectivity index (χ3n) is 3.60. The maximum Gasteiger partial charge on any atom is 0.236 e. The Morgan fingerprint density at radius 2 is 2.06 bits per heavy atom. The molecule has 2 aliphatic heterocycles. The van der Waals surface area contributed by atoms with Gasteiger partial charge in [0.25, 0.3) is 0 Å². The number of β-amino-alcohol motifs (C(OH)–C–C–N with tert-alkyl or cyclic N) is 1. The maximum atomic E-state index is 12.1. The van der Waals surface area contributed by atoms with E-state index >= 15 is 0 Å². The maximum absolute atomic E-state index is 12.1. The molecule has 0 aromatic heterocycles. The van der Waals surface area contributed by atoms with Crippen LogP contribution in [0, 0.1) is 0 Å². The normalized spacial score (nSPS) is 31.5. The Labute approximate surface area is 103 Å². The van der Waals surface area contributed by atoms with Gasteiger partial charge in [-0.2, -0.15) is 0 Å². The van der Waals surface area contributed by atoms with Crippen LogP contribution in [0.4, 0.5) is 0 Å². The van der Waals surface area contributed by atoms with Crippen molar-refractivity contribution in [1.29, 1.82) is 0 Å². The molecule has 0 bridgehead atoms. The molecular weight excluding hydrogens is 218 g/mol. The monoisotopic (exact) mass is 241 g/mol. The standard InChI is InChI=1S/C12H23N3O2/c1-12(17)3-2-6-15(10-12)11(16)9-14-7-4-13-5-8-14/h13,17H,2-10H2,1H3. The second-order valence-electron chi connectivity index (χ2n) is 5.44. The molecule has 1 unspecified atom stereocenters. The van der Waals surface area contributed by atoms with E-state index in [4.69, 9.17) is 0 Å². The van der Waals surface area contributed by atoms with E-state index in [0.29, 0.717) is 13.1 Å². The Hall–Kier alpha value is -0.650. The topological polar surface area (TPSA) is 55.8 Å². The average molecular weight is 241 g/mol. The Bertz CT molecular complexity index is 275.